The van der Waals surface area contributed by atoms with Crippen molar-refractivity contribution in [2.24, 2.45) is 0 Å². The molecule has 5 heteroatoms. The van der Waals surface area contributed by atoms with Gasteiger partial charge in [-0.05, 0) is 43.4 Å². The van der Waals surface area contributed by atoms with Crippen LogP contribution in [0.2, 0.25) is 0 Å². The molecule has 120 valence electrons. The van der Waals surface area contributed by atoms with Crippen LogP contribution >= 0.6 is 0 Å². The third-order valence-corrected chi connectivity index (χ3v) is 4.64. The third-order valence-electron chi connectivity index (χ3n) is 4.64. The molecular formula is C17H24N2O3. The summed E-state index contributed by atoms with van der Waals surface area (Å²) >= 11 is 0. The van der Waals surface area contributed by atoms with Gasteiger partial charge in [0.15, 0.2) is 0 Å². The fourth-order valence-corrected chi connectivity index (χ4v) is 2.84. The molecule has 5 nitrogen and oxygen atoms in total. The van der Waals surface area contributed by atoms with Gasteiger partial charge in [0, 0.05) is 18.5 Å². The van der Waals surface area contributed by atoms with Crippen LogP contribution in [0.1, 0.15) is 42.4 Å². The highest BCUT2D eigenvalue weighted by Gasteiger charge is 2.38. The van der Waals surface area contributed by atoms with Crippen molar-refractivity contribution < 1.29 is 14.7 Å². The number of nitrogens with one attached hydrogen (secondary N) is 2. The normalized spacial score (nSPS) is 15.7. The quantitative estimate of drug-likeness (QED) is 0.755. The number of amides is 2. The molecule has 1 saturated carbocycles. The summed E-state index contributed by atoms with van der Waals surface area (Å²) < 4.78 is 0. The fraction of sp³-hybridized carbons (Fsp3) is 0.529. The molecule has 1 fully saturated rings. The van der Waals surface area contributed by atoms with E-state index >= 15 is 0 Å². The lowest BCUT2D eigenvalue weighted by Crippen LogP contribution is -2.48. The number of carboxylic acid groups (broad SMARTS) is 1. The van der Waals surface area contributed by atoms with E-state index in [1.54, 1.807) is 0 Å². The van der Waals surface area contributed by atoms with Crippen molar-refractivity contribution in [3.05, 3.63) is 34.9 Å². The van der Waals surface area contributed by atoms with E-state index in [1.165, 1.54) is 23.1 Å². The van der Waals surface area contributed by atoms with E-state index in [2.05, 4.69) is 42.7 Å². The highest BCUT2D eigenvalue weighted by atomic mass is 16.4. The Labute approximate surface area is 131 Å². The van der Waals surface area contributed by atoms with Crippen LogP contribution in [0, 0.1) is 13.8 Å². The van der Waals surface area contributed by atoms with Crippen molar-refractivity contribution in [2.75, 3.05) is 13.1 Å². The molecule has 2 amide bonds. The van der Waals surface area contributed by atoms with Crippen molar-refractivity contribution in [1.29, 1.82) is 0 Å². The van der Waals surface area contributed by atoms with E-state index in [0.717, 1.165) is 12.8 Å². The Hall–Kier alpha value is -2.04. The summed E-state index contributed by atoms with van der Waals surface area (Å²) in [5.74, 6) is -0.911. The average Bonchev–Trinajstić information content (AvgIpc) is 2.41. The van der Waals surface area contributed by atoms with Crippen LogP contribution in [0.15, 0.2) is 18.2 Å². The zero-order chi connectivity index (χ0) is 16.2. The van der Waals surface area contributed by atoms with Crippen LogP contribution in [0.4, 0.5) is 4.79 Å². The Morgan fingerprint density at radius 1 is 1.18 bits per heavy atom. The molecule has 0 radical (unpaired) electrons. The van der Waals surface area contributed by atoms with E-state index in [9.17, 15) is 9.59 Å². The van der Waals surface area contributed by atoms with Crippen molar-refractivity contribution in [3.8, 4) is 0 Å². The summed E-state index contributed by atoms with van der Waals surface area (Å²) in [5.41, 5.74) is 3.86. The van der Waals surface area contributed by atoms with E-state index in [1.807, 2.05) is 0 Å². The summed E-state index contributed by atoms with van der Waals surface area (Å²) in [4.78, 5) is 22.2. The maximum absolute atomic E-state index is 11.7. The number of hydrogen-bond donors (Lipinski definition) is 3. The van der Waals surface area contributed by atoms with Gasteiger partial charge in [0.2, 0.25) is 0 Å². The molecule has 1 aromatic carbocycles. The number of aryl methyl sites for hydroxylation is 2. The number of urea groups is 1. The standard InChI is InChI=1S/C17H24N2O3/c1-12-4-5-14(10-13(12)2)17(7-3-8-17)11-19-16(22)18-9-6-15(20)21/h4-5,10H,3,6-9,11H2,1-2H3,(H,20,21)(H2,18,19,22). The monoisotopic (exact) mass is 304 g/mol. The highest BCUT2D eigenvalue weighted by Crippen LogP contribution is 2.43. The van der Waals surface area contributed by atoms with E-state index in [4.69, 9.17) is 5.11 Å². The summed E-state index contributed by atoms with van der Waals surface area (Å²) in [6.45, 7) is 4.95. The van der Waals surface area contributed by atoms with Crippen molar-refractivity contribution in [3.63, 3.8) is 0 Å². The number of carboxylic acids is 1. The molecule has 1 aromatic rings. The Morgan fingerprint density at radius 2 is 1.91 bits per heavy atom. The second kappa shape index (κ2) is 6.81. The number of benzene rings is 1. The van der Waals surface area contributed by atoms with Crippen LogP contribution in [-0.4, -0.2) is 30.2 Å². The van der Waals surface area contributed by atoms with Crippen LogP contribution < -0.4 is 10.6 Å². The van der Waals surface area contributed by atoms with E-state index in [0.29, 0.717) is 6.54 Å². The first kappa shape index (κ1) is 16.3. The molecule has 0 aliphatic heterocycles. The van der Waals surface area contributed by atoms with Crippen LogP contribution in [-0.2, 0) is 10.2 Å². The zero-order valence-electron chi connectivity index (χ0n) is 13.2. The SMILES string of the molecule is Cc1ccc(C2(CNC(=O)NCCC(=O)O)CCC2)cc1C. The minimum absolute atomic E-state index is 0.0304. The minimum atomic E-state index is -0.911. The van der Waals surface area contributed by atoms with Gasteiger partial charge in [0.25, 0.3) is 0 Å². The lowest BCUT2D eigenvalue weighted by atomic mass is 9.64. The van der Waals surface area contributed by atoms with Crippen LogP contribution in [0.5, 0.6) is 0 Å². The number of hydrogen-bond acceptors (Lipinski definition) is 2. The van der Waals surface area contributed by atoms with Gasteiger partial charge in [0.1, 0.15) is 0 Å². The van der Waals surface area contributed by atoms with Gasteiger partial charge in [-0.2, -0.15) is 0 Å². The molecule has 1 aliphatic carbocycles. The minimum Gasteiger partial charge on any atom is -0.481 e. The summed E-state index contributed by atoms with van der Waals surface area (Å²) in [7, 11) is 0. The van der Waals surface area contributed by atoms with Gasteiger partial charge in [-0.25, -0.2) is 4.79 Å². The first-order valence-electron chi connectivity index (χ1n) is 7.74. The number of rotatable bonds is 6. The molecule has 0 atom stereocenters. The van der Waals surface area contributed by atoms with Crippen molar-refractivity contribution in [2.45, 2.75) is 44.9 Å². The van der Waals surface area contributed by atoms with E-state index in [-0.39, 0.29) is 24.4 Å². The first-order valence-corrected chi connectivity index (χ1v) is 7.74. The number of carbonyl (C=O) groups excluding carboxylic acids is 1. The molecule has 1 aliphatic rings. The van der Waals surface area contributed by atoms with Gasteiger partial charge < -0.3 is 15.7 Å². The largest absolute Gasteiger partial charge is 0.481 e. The Morgan fingerprint density at radius 3 is 2.45 bits per heavy atom. The molecule has 22 heavy (non-hydrogen) atoms. The Bertz CT molecular complexity index is 565. The molecule has 0 spiro atoms. The van der Waals surface area contributed by atoms with Crippen LogP contribution in [0.3, 0.4) is 0 Å². The molecule has 0 heterocycles. The maximum Gasteiger partial charge on any atom is 0.314 e. The third kappa shape index (κ3) is 3.78. The first-order chi connectivity index (χ1) is 10.4. The molecule has 0 unspecified atom stereocenters. The lowest BCUT2D eigenvalue weighted by Gasteiger charge is -2.43. The summed E-state index contributed by atoms with van der Waals surface area (Å²) in [6.07, 6.45) is 3.26. The predicted molar refractivity (Wildman–Crippen MR) is 85.1 cm³/mol. The van der Waals surface area contributed by atoms with Crippen LogP contribution in [0.25, 0.3) is 0 Å². The Kier molecular flexibility index (Phi) is 5.06. The summed E-state index contributed by atoms with van der Waals surface area (Å²) in [5, 5.41) is 14.0. The van der Waals surface area contributed by atoms with Gasteiger partial charge >= 0.3 is 12.0 Å². The number of aliphatic carboxylic acids is 1. The molecule has 0 aromatic heterocycles. The molecule has 0 bridgehead atoms. The average molecular weight is 304 g/mol. The number of carbonyl (C=O) groups is 2. The highest BCUT2D eigenvalue weighted by molar-refractivity contribution is 5.75. The predicted octanol–water partition coefficient (Wildman–Crippen LogP) is 2.50. The topological polar surface area (TPSA) is 78.4 Å². The molecule has 0 saturated heterocycles. The molecule has 2 rings (SSSR count). The fourth-order valence-electron chi connectivity index (χ4n) is 2.84. The van der Waals surface area contributed by atoms with Gasteiger partial charge in [-0.1, -0.05) is 24.6 Å². The summed E-state index contributed by atoms with van der Waals surface area (Å²) in [6, 6.07) is 6.22. The Balaban J connectivity index is 1.92. The molecular weight excluding hydrogens is 280 g/mol. The molecule has 3 N–H and O–H groups in total. The second-order valence-electron chi connectivity index (χ2n) is 6.19. The van der Waals surface area contributed by atoms with Gasteiger partial charge in [-0.15, -0.1) is 0 Å². The maximum atomic E-state index is 11.7. The van der Waals surface area contributed by atoms with Crippen molar-refractivity contribution in [1.82, 2.24) is 10.6 Å². The lowest BCUT2D eigenvalue weighted by molar-refractivity contribution is -0.136. The zero-order valence-corrected chi connectivity index (χ0v) is 13.2. The smallest absolute Gasteiger partial charge is 0.314 e. The van der Waals surface area contributed by atoms with E-state index < -0.39 is 5.97 Å². The van der Waals surface area contributed by atoms with Gasteiger partial charge in [0.05, 0.1) is 6.42 Å². The van der Waals surface area contributed by atoms with Crippen molar-refractivity contribution >= 4 is 12.0 Å². The second-order valence-corrected chi connectivity index (χ2v) is 6.19. The van der Waals surface area contributed by atoms with Gasteiger partial charge in [-0.3, -0.25) is 4.79 Å².